The molecule has 0 aromatic rings. The zero-order valence-corrected chi connectivity index (χ0v) is 14.5. The minimum Gasteiger partial charge on any atom is -0.306 e. The average Bonchev–Trinajstić information content (AvgIpc) is 2.41. The van der Waals surface area contributed by atoms with E-state index in [0.717, 1.165) is 24.0 Å². The van der Waals surface area contributed by atoms with Crippen LogP contribution in [0.5, 0.6) is 0 Å². The van der Waals surface area contributed by atoms with Crippen LogP contribution in [0.15, 0.2) is 0 Å². The van der Waals surface area contributed by atoms with Gasteiger partial charge in [0, 0.05) is 50.8 Å². The van der Waals surface area contributed by atoms with Gasteiger partial charge in [-0.1, -0.05) is 0 Å². The molecule has 4 nitrogen and oxygen atoms in total. The number of hydrogen-bond donors (Lipinski definition) is 0. The molecule has 0 bridgehead atoms. The number of rotatable bonds is 3. The molecule has 2 atom stereocenters. The maximum absolute atomic E-state index is 2.80. The van der Waals surface area contributed by atoms with Crippen molar-refractivity contribution >= 4 is 0 Å². The molecule has 0 amide bonds. The zero-order valence-electron chi connectivity index (χ0n) is 14.5. The second kappa shape index (κ2) is 6.53. The molecule has 3 aliphatic heterocycles. The second-order valence-electron chi connectivity index (χ2n) is 7.97. The number of hydrogen-bond acceptors (Lipinski definition) is 4. The van der Waals surface area contributed by atoms with Gasteiger partial charge in [0.15, 0.2) is 0 Å². The summed E-state index contributed by atoms with van der Waals surface area (Å²) in [6, 6.07) is 2.28. The van der Waals surface area contributed by atoms with Crippen LogP contribution < -0.4 is 0 Å². The van der Waals surface area contributed by atoms with Gasteiger partial charge in [-0.25, -0.2) is 0 Å². The lowest BCUT2D eigenvalue weighted by Crippen LogP contribution is -2.62. The molecule has 0 spiro atoms. The van der Waals surface area contributed by atoms with Gasteiger partial charge in [0.2, 0.25) is 0 Å². The summed E-state index contributed by atoms with van der Waals surface area (Å²) in [5, 5.41) is 0. The van der Waals surface area contributed by atoms with E-state index in [1.54, 1.807) is 0 Å². The first-order valence-electron chi connectivity index (χ1n) is 8.90. The summed E-state index contributed by atoms with van der Waals surface area (Å²) in [5.74, 6) is 0.912. The normalized spacial score (nSPS) is 36.0. The Balaban J connectivity index is 1.51. The molecule has 3 heterocycles. The third kappa shape index (κ3) is 3.61. The summed E-state index contributed by atoms with van der Waals surface area (Å²) in [5.41, 5.74) is 0. The Hall–Kier alpha value is -0.160. The Labute approximate surface area is 131 Å². The highest BCUT2D eigenvalue weighted by molar-refractivity contribution is 4.92. The Morgan fingerprint density at radius 2 is 1.38 bits per heavy atom. The lowest BCUT2D eigenvalue weighted by atomic mass is 9.95. The second-order valence-corrected chi connectivity index (χ2v) is 7.97. The van der Waals surface area contributed by atoms with Gasteiger partial charge in [-0.3, -0.25) is 9.80 Å². The molecule has 122 valence electrons. The van der Waals surface area contributed by atoms with E-state index < -0.39 is 0 Å². The molecule has 3 saturated heterocycles. The summed E-state index contributed by atoms with van der Waals surface area (Å²) in [7, 11) is 4.50. The molecule has 4 heteroatoms. The highest BCUT2D eigenvalue weighted by Crippen LogP contribution is 2.25. The number of nitrogens with zero attached hydrogens (tertiary/aromatic N) is 4. The third-order valence-electron chi connectivity index (χ3n) is 5.94. The molecular formula is C17H34N4. The highest BCUT2D eigenvalue weighted by atomic mass is 15.3. The van der Waals surface area contributed by atoms with Crippen molar-refractivity contribution in [1.82, 2.24) is 19.6 Å². The number of likely N-dealkylation sites (tertiary alicyclic amines) is 2. The Bertz CT molecular complexity index is 322. The molecule has 3 aliphatic rings. The quantitative estimate of drug-likeness (QED) is 0.771. The smallest absolute Gasteiger partial charge is 0.0198 e. The first kappa shape index (κ1) is 15.7. The standard InChI is InChI=1S/C17H34N4/c1-14-9-20(17-5-7-18(3)8-6-17)10-15(2)21(14)13-16-11-19(4)12-16/h14-17H,5-13H2,1-4H3. The molecule has 21 heavy (non-hydrogen) atoms. The highest BCUT2D eigenvalue weighted by Gasteiger charge is 2.36. The monoisotopic (exact) mass is 294 g/mol. The van der Waals surface area contributed by atoms with Crippen LogP contribution in [-0.4, -0.2) is 97.6 Å². The zero-order chi connectivity index (χ0) is 15.0. The molecule has 0 saturated carbocycles. The molecule has 0 aromatic carbocycles. The summed E-state index contributed by atoms with van der Waals surface area (Å²) in [4.78, 5) is 10.5. The minimum atomic E-state index is 0.722. The van der Waals surface area contributed by atoms with Crippen LogP contribution >= 0.6 is 0 Å². The number of piperidine rings is 1. The van der Waals surface area contributed by atoms with Crippen LogP contribution in [-0.2, 0) is 0 Å². The summed E-state index contributed by atoms with van der Waals surface area (Å²) < 4.78 is 0. The fourth-order valence-corrected chi connectivity index (χ4v) is 4.66. The first-order valence-corrected chi connectivity index (χ1v) is 8.90. The van der Waals surface area contributed by atoms with Gasteiger partial charge in [-0.05, 0) is 59.8 Å². The van der Waals surface area contributed by atoms with Crippen LogP contribution in [0.2, 0.25) is 0 Å². The molecule has 3 fully saturated rings. The maximum atomic E-state index is 2.80. The molecular weight excluding hydrogens is 260 g/mol. The molecule has 0 N–H and O–H groups in total. The van der Waals surface area contributed by atoms with Gasteiger partial charge in [-0.15, -0.1) is 0 Å². The van der Waals surface area contributed by atoms with Gasteiger partial charge < -0.3 is 9.80 Å². The van der Waals surface area contributed by atoms with Crippen LogP contribution in [0.4, 0.5) is 0 Å². The van der Waals surface area contributed by atoms with E-state index in [4.69, 9.17) is 0 Å². The van der Waals surface area contributed by atoms with Crippen molar-refractivity contribution in [3.8, 4) is 0 Å². The minimum absolute atomic E-state index is 0.722. The van der Waals surface area contributed by atoms with Crippen LogP contribution in [0.25, 0.3) is 0 Å². The van der Waals surface area contributed by atoms with Crippen molar-refractivity contribution in [3.63, 3.8) is 0 Å². The molecule has 0 aromatic heterocycles. The predicted octanol–water partition coefficient (Wildman–Crippen LogP) is 1.04. The van der Waals surface area contributed by atoms with Crippen LogP contribution in [0.3, 0.4) is 0 Å². The Morgan fingerprint density at radius 1 is 0.810 bits per heavy atom. The fraction of sp³-hybridized carbons (Fsp3) is 1.00. The molecule has 2 unspecified atom stereocenters. The number of piperazine rings is 1. The SMILES string of the molecule is CC1CN(C2CCN(C)CC2)CC(C)N1CC1CN(C)C1. The van der Waals surface area contributed by atoms with E-state index in [-0.39, 0.29) is 0 Å². The van der Waals surface area contributed by atoms with Crippen molar-refractivity contribution in [2.45, 2.75) is 44.8 Å². The Kier molecular flexibility index (Phi) is 4.89. The molecule has 0 aliphatic carbocycles. The topological polar surface area (TPSA) is 13.0 Å². The van der Waals surface area contributed by atoms with E-state index in [1.807, 2.05) is 0 Å². The summed E-state index contributed by atoms with van der Waals surface area (Å²) >= 11 is 0. The van der Waals surface area contributed by atoms with Gasteiger partial charge in [-0.2, -0.15) is 0 Å². The lowest BCUT2D eigenvalue weighted by Gasteiger charge is -2.50. The van der Waals surface area contributed by atoms with Crippen molar-refractivity contribution in [2.24, 2.45) is 5.92 Å². The average molecular weight is 294 g/mol. The van der Waals surface area contributed by atoms with Gasteiger partial charge >= 0.3 is 0 Å². The van der Waals surface area contributed by atoms with Crippen LogP contribution in [0.1, 0.15) is 26.7 Å². The van der Waals surface area contributed by atoms with Crippen molar-refractivity contribution in [2.75, 3.05) is 59.9 Å². The van der Waals surface area contributed by atoms with Crippen molar-refractivity contribution in [1.29, 1.82) is 0 Å². The first-order chi connectivity index (χ1) is 10.0. The molecule has 3 rings (SSSR count). The molecule has 0 radical (unpaired) electrons. The lowest BCUT2D eigenvalue weighted by molar-refractivity contribution is -0.0214. The summed E-state index contributed by atoms with van der Waals surface area (Å²) in [6.07, 6.45) is 2.73. The third-order valence-corrected chi connectivity index (χ3v) is 5.94. The van der Waals surface area contributed by atoms with E-state index >= 15 is 0 Å². The summed E-state index contributed by atoms with van der Waals surface area (Å²) in [6.45, 7) is 13.9. The fourth-order valence-electron chi connectivity index (χ4n) is 4.66. The van der Waals surface area contributed by atoms with Crippen molar-refractivity contribution < 1.29 is 0 Å². The van der Waals surface area contributed by atoms with Gasteiger partial charge in [0.05, 0.1) is 0 Å². The maximum Gasteiger partial charge on any atom is 0.0198 e. The Morgan fingerprint density at radius 3 is 1.90 bits per heavy atom. The van der Waals surface area contributed by atoms with E-state index in [9.17, 15) is 0 Å². The largest absolute Gasteiger partial charge is 0.306 e. The van der Waals surface area contributed by atoms with Gasteiger partial charge in [0.1, 0.15) is 0 Å². The van der Waals surface area contributed by atoms with Crippen LogP contribution in [0, 0.1) is 5.92 Å². The van der Waals surface area contributed by atoms with E-state index in [1.165, 1.54) is 58.7 Å². The predicted molar refractivity (Wildman–Crippen MR) is 88.7 cm³/mol. The van der Waals surface area contributed by atoms with Gasteiger partial charge in [0.25, 0.3) is 0 Å². The van der Waals surface area contributed by atoms with E-state index in [2.05, 4.69) is 47.5 Å². The van der Waals surface area contributed by atoms with Crippen molar-refractivity contribution in [3.05, 3.63) is 0 Å². The van der Waals surface area contributed by atoms with E-state index in [0.29, 0.717) is 0 Å².